The quantitative estimate of drug-likeness (QED) is 0.832. The van der Waals surface area contributed by atoms with E-state index in [1.165, 1.54) is 4.68 Å². The lowest BCUT2D eigenvalue weighted by atomic mass is 10.0. The zero-order valence-corrected chi connectivity index (χ0v) is 12.9. The first-order valence-corrected chi connectivity index (χ1v) is 8.01. The van der Waals surface area contributed by atoms with E-state index < -0.39 is 0 Å². The first-order valence-electron chi connectivity index (χ1n) is 8.01. The molecule has 1 aromatic carbocycles. The van der Waals surface area contributed by atoms with Crippen molar-refractivity contribution in [3.05, 3.63) is 34.6 Å². The maximum Gasteiger partial charge on any atom is 0.277 e. The fraction of sp³-hybridized carbons (Fsp3) is 0.500. The first-order chi connectivity index (χ1) is 11.2. The monoisotopic (exact) mass is 315 g/mol. The third-order valence-electron chi connectivity index (χ3n) is 4.49. The van der Waals surface area contributed by atoms with Crippen molar-refractivity contribution in [2.24, 2.45) is 11.7 Å². The normalized spacial score (nSPS) is 20.7. The van der Waals surface area contributed by atoms with Crippen molar-refractivity contribution in [1.29, 1.82) is 0 Å². The van der Waals surface area contributed by atoms with Crippen LogP contribution in [0.2, 0.25) is 0 Å². The van der Waals surface area contributed by atoms with Crippen molar-refractivity contribution in [2.45, 2.75) is 38.3 Å². The Bertz CT molecular complexity index is 757. The Morgan fingerprint density at radius 3 is 3.00 bits per heavy atom. The highest BCUT2D eigenvalue weighted by Gasteiger charge is 2.27. The summed E-state index contributed by atoms with van der Waals surface area (Å²) in [5.41, 5.74) is 6.07. The Morgan fingerprint density at radius 2 is 2.17 bits per heavy atom. The Morgan fingerprint density at radius 1 is 1.35 bits per heavy atom. The van der Waals surface area contributed by atoms with Crippen molar-refractivity contribution in [3.63, 3.8) is 0 Å². The molecule has 1 heterocycles. The van der Waals surface area contributed by atoms with Crippen molar-refractivity contribution in [2.75, 3.05) is 6.54 Å². The van der Waals surface area contributed by atoms with Gasteiger partial charge in [0.05, 0.1) is 11.9 Å². The number of nitrogens with one attached hydrogen (secondary N) is 1. The lowest BCUT2D eigenvalue weighted by Crippen LogP contribution is -2.40. The van der Waals surface area contributed by atoms with Crippen LogP contribution in [0.5, 0.6) is 0 Å². The molecule has 3 N–H and O–H groups in total. The van der Waals surface area contributed by atoms with E-state index in [9.17, 15) is 9.59 Å². The predicted molar refractivity (Wildman–Crippen MR) is 86.7 cm³/mol. The molecule has 2 aromatic rings. The average Bonchev–Trinajstić information content (AvgIpc) is 3.01. The van der Waals surface area contributed by atoms with E-state index in [-0.39, 0.29) is 30.5 Å². The van der Waals surface area contributed by atoms with Gasteiger partial charge in [0.2, 0.25) is 5.91 Å². The van der Waals surface area contributed by atoms with Gasteiger partial charge >= 0.3 is 0 Å². The van der Waals surface area contributed by atoms with Crippen LogP contribution in [-0.2, 0) is 11.3 Å². The lowest BCUT2D eigenvalue weighted by molar-refractivity contribution is -0.122. The van der Waals surface area contributed by atoms with E-state index in [4.69, 9.17) is 5.73 Å². The maximum absolute atomic E-state index is 12.3. The van der Waals surface area contributed by atoms with Crippen LogP contribution in [0.1, 0.15) is 25.7 Å². The second-order valence-corrected chi connectivity index (χ2v) is 5.99. The summed E-state index contributed by atoms with van der Waals surface area (Å²) in [6.07, 6.45) is 3.35. The van der Waals surface area contributed by atoms with E-state index in [1.807, 2.05) is 6.07 Å². The second kappa shape index (κ2) is 6.87. The number of aryl methyl sites for hydroxylation is 1. The van der Waals surface area contributed by atoms with Crippen molar-refractivity contribution in [3.8, 4) is 0 Å². The molecule has 1 fully saturated rings. The molecule has 1 saturated carbocycles. The van der Waals surface area contributed by atoms with Crippen molar-refractivity contribution >= 4 is 16.8 Å². The molecule has 7 heteroatoms. The van der Waals surface area contributed by atoms with E-state index in [0.29, 0.717) is 23.4 Å². The molecule has 0 radical (unpaired) electrons. The molecule has 1 amide bonds. The van der Waals surface area contributed by atoms with E-state index in [1.54, 1.807) is 18.2 Å². The second-order valence-electron chi connectivity index (χ2n) is 5.99. The molecular weight excluding hydrogens is 294 g/mol. The molecule has 1 aliphatic rings. The van der Waals surface area contributed by atoms with Gasteiger partial charge in [0, 0.05) is 12.5 Å². The number of hydrogen-bond acceptors (Lipinski definition) is 5. The summed E-state index contributed by atoms with van der Waals surface area (Å²) in [7, 11) is 0. The van der Waals surface area contributed by atoms with Crippen LogP contribution in [0.25, 0.3) is 10.9 Å². The number of nitrogens with two attached hydrogens (primary N) is 1. The minimum Gasteiger partial charge on any atom is -0.353 e. The van der Waals surface area contributed by atoms with Crippen molar-refractivity contribution in [1.82, 2.24) is 20.3 Å². The van der Waals surface area contributed by atoms with Crippen LogP contribution in [0, 0.1) is 5.92 Å². The highest BCUT2D eigenvalue weighted by Crippen LogP contribution is 2.24. The van der Waals surface area contributed by atoms with Gasteiger partial charge in [-0.05, 0) is 37.4 Å². The van der Waals surface area contributed by atoms with Crippen LogP contribution in [0.15, 0.2) is 29.1 Å². The number of aromatic nitrogens is 3. The molecule has 3 rings (SSSR count). The Labute approximate surface area is 133 Å². The molecule has 0 aliphatic heterocycles. The molecule has 0 bridgehead atoms. The van der Waals surface area contributed by atoms with E-state index >= 15 is 0 Å². The number of hydrogen-bond donors (Lipinski definition) is 2. The van der Waals surface area contributed by atoms with E-state index in [2.05, 4.69) is 15.6 Å². The van der Waals surface area contributed by atoms with Gasteiger partial charge in [-0.15, -0.1) is 5.10 Å². The van der Waals surface area contributed by atoms with Gasteiger partial charge < -0.3 is 11.1 Å². The van der Waals surface area contributed by atoms with Crippen LogP contribution >= 0.6 is 0 Å². The summed E-state index contributed by atoms with van der Waals surface area (Å²) >= 11 is 0. The zero-order valence-electron chi connectivity index (χ0n) is 12.9. The highest BCUT2D eigenvalue weighted by molar-refractivity contribution is 5.77. The number of benzene rings is 1. The van der Waals surface area contributed by atoms with Crippen LogP contribution in [0.3, 0.4) is 0 Å². The zero-order chi connectivity index (χ0) is 16.2. The maximum atomic E-state index is 12.3. The SMILES string of the molecule is NCC1CCCC1NC(=O)CCn1nnc2ccccc2c1=O. The highest BCUT2D eigenvalue weighted by atomic mass is 16.2. The minimum atomic E-state index is -0.218. The number of carbonyl (C=O) groups excluding carboxylic acids is 1. The Kier molecular flexibility index (Phi) is 4.66. The molecule has 122 valence electrons. The Hall–Kier alpha value is -2.28. The third-order valence-corrected chi connectivity index (χ3v) is 4.49. The fourth-order valence-electron chi connectivity index (χ4n) is 3.17. The molecule has 0 spiro atoms. The summed E-state index contributed by atoms with van der Waals surface area (Å²) in [5.74, 6) is 0.291. The molecule has 0 saturated heterocycles. The van der Waals surface area contributed by atoms with Gasteiger partial charge in [0.1, 0.15) is 5.52 Å². The molecule has 23 heavy (non-hydrogen) atoms. The molecule has 2 unspecified atom stereocenters. The largest absolute Gasteiger partial charge is 0.353 e. The number of nitrogens with zero attached hydrogens (tertiary/aromatic N) is 3. The molecule has 2 atom stereocenters. The first kappa shape index (κ1) is 15.6. The van der Waals surface area contributed by atoms with Gasteiger partial charge in [0.15, 0.2) is 0 Å². The Balaban J connectivity index is 1.63. The third kappa shape index (κ3) is 3.39. The van der Waals surface area contributed by atoms with E-state index in [0.717, 1.165) is 19.3 Å². The number of fused-ring (bicyclic) bond motifs is 1. The summed E-state index contributed by atoms with van der Waals surface area (Å²) in [5, 5.41) is 11.4. The fourth-order valence-corrected chi connectivity index (χ4v) is 3.17. The molecule has 7 nitrogen and oxygen atoms in total. The lowest BCUT2D eigenvalue weighted by Gasteiger charge is -2.19. The molecular formula is C16H21N5O2. The van der Waals surface area contributed by atoms with Crippen LogP contribution in [0.4, 0.5) is 0 Å². The van der Waals surface area contributed by atoms with Crippen LogP contribution in [-0.4, -0.2) is 33.5 Å². The molecule has 1 aromatic heterocycles. The van der Waals surface area contributed by atoms with Crippen molar-refractivity contribution < 1.29 is 4.79 Å². The number of carbonyl (C=O) groups is 1. The average molecular weight is 315 g/mol. The van der Waals surface area contributed by atoms with Gasteiger partial charge in [-0.3, -0.25) is 9.59 Å². The summed E-state index contributed by atoms with van der Waals surface area (Å²) < 4.78 is 1.25. The smallest absolute Gasteiger partial charge is 0.277 e. The summed E-state index contributed by atoms with van der Waals surface area (Å²) in [6, 6.07) is 7.22. The number of amides is 1. The summed E-state index contributed by atoms with van der Waals surface area (Å²) in [4.78, 5) is 24.4. The van der Waals surface area contributed by atoms with Gasteiger partial charge in [-0.25, -0.2) is 4.68 Å². The molecule has 1 aliphatic carbocycles. The van der Waals surface area contributed by atoms with Gasteiger partial charge in [-0.1, -0.05) is 23.8 Å². The predicted octanol–water partition coefficient (Wildman–Crippen LogP) is 0.425. The van der Waals surface area contributed by atoms with Crippen LogP contribution < -0.4 is 16.6 Å². The minimum absolute atomic E-state index is 0.0720. The van der Waals surface area contributed by atoms with Gasteiger partial charge in [0.25, 0.3) is 5.56 Å². The topological polar surface area (TPSA) is 103 Å². The standard InChI is InChI=1S/C16H21N5O2/c17-10-11-4-3-7-13(11)18-15(22)8-9-21-16(23)12-5-1-2-6-14(12)19-20-21/h1-2,5-6,11,13H,3-4,7-10,17H2,(H,18,22). The van der Waals surface area contributed by atoms with Gasteiger partial charge in [-0.2, -0.15) is 0 Å². The number of rotatable bonds is 5. The summed E-state index contributed by atoms with van der Waals surface area (Å²) in [6.45, 7) is 0.822.